The van der Waals surface area contributed by atoms with Gasteiger partial charge in [-0.15, -0.1) is 0 Å². The van der Waals surface area contributed by atoms with Gasteiger partial charge in [0.2, 0.25) is 0 Å². The van der Waals surface area contributed by atoms with E-state index in [2.05, 4.69) is 26.3 Å². The van der Waals surface area contributed by atoms with Crippen LogP contribution >= 0.6 is 15.9 Å². The maximum atomic E-state index is 14.2. The fourth-order valence-electron chi connectivity index (χ4n) is 3.31. The zero-order chi connectivity index (χ0) is 19.6. The van der Waals surface area contributed by atoms with Crippen LogP contribution in [0, 0.1) is 11.7 Å². The van der Waals surface area contributed by atoms with Crippen LogP contribution in [0.5, 0.6) is 0 Å². The Morgan fingerprint density at radius 2 is 2.07 bits per heavy atom. The highest BCUT2D eigenvalue weighted by Gasteiger charge is 2.25. The molecule has 1 aromatic heterocycles. The van der Waals surface area contributed by atoms with E-state index in [-0.39, 0.29) is 11.5 Å². The third-order valence-electron chi connectivity index (χ3n) is 4.75. The molecule has 0 aliphatic carbocycles. The highest BCUT2D eigenvalue weighted by Crippen LogP contribution is 2.31. The first kappa shape index (κ1) is 19.3. The molecule has 0 radical (unpaired) electrons. The second kappa shape index (κ2) is 8.08. The smallest absolute Gasteiger partial charge is 0.254 e. The summed E-state index contributed by atoms with van der Waals surface area (Å²) in [5.41, 5.74) is 6.32. The predicted octanol–water partition coefficient (Wildman–Crippen LogP) is 2.07. The number of nitrogens with one attached hydrogen (secondary N) is 1. The summed E-state index contributed by atoms with van der Waals surface area (Å²) >= 11 is 3.27. The summed E-state index contributed by atoms with van der Waals surface area (Å²) in [5.74, 6) is -1.23. The van der Waals surface area contributed by atoms with Crippen LogP contribution in [-0.4, -0.2) is 41.2 Å². The van der Waals surface area contributed by atoms with Crippen LogP contribution in [0.3, 0.4) is 0 Å². The van der Waals surface area contributed by atoms with Gasteiger partial charge in [-0.05, 0) is 30.9 Å². The van der Waals surface area contributed by atoms with E-state index < -0.39 is 11.7 Å². The molecule has 2 aromatic rings. The predicted molar refractivity (Wildman–Crippen MR) is 103 cm³/mol. The molecule has 9 heteroatoms. The Labute approximate surface area is 164 Å². The van der Waals surface area contributed by atoms with E-state index in [1.807, 2.05) is 4.90 Å². The van der Waals surface area contributed by atoms with Crippen LogP contribution in [0.15, 0.2) is 29.0 Å². The molecule has 2 heterocycles. The molecule has 1 aliphatic rings. The van der Waals surface area contributed by atoms with E-state index in [1.54, 1.807) is 24.0 Å². The number of halogens is 2. The molecule has 1 saturated heterocycles. The molecular weight excluding hydrogens is 417 g/mol. The average molecular weight is 438 g/mol. The number of aromatic nitrogens is 2. The molecule has 1 aliphatic heterocycles. The lowest BCUT2D eigenvalue weighted by Gasteiger charge is -2.34. The SMILES string of the molecule is Cn1cc(C(=O)NCC2CCN(c3cc(Br)cc(F)c3C(N)=O)CC2)cn1. The quantitative estimate of drug-likeness (QED) is 0.748. The monoisotopic (exact) mass is 437 g/mol. The summed E-state index contributed by atoms with van der Waals surface area (Å²) < 4.78 is 16.3. The first-order valence-corrected chi connectivity index (χ1v) is 9.45. The molecule has 0 unspecified atom stereocenters. The second-order valence-electron chi connectivity index (χ2n) is 6.69. The molecule has 1 aromatic carbocycles. The summed E-state index contributed by atoms with van der Waals surface area (Å²) in [5, 5.41) is 6.92. The van der Waals surface area contributed by atoms with Gasteiger partial charge in [-0.25, -0.2) is 4.39 Å². The molecule has 27 heavy (non-hydrogen) atoms. The number of carbonyl (C=O) groups is 2. The van der Waals surface area contributed by atoms with Gasteiger partial charge in [-0.3, -0.25) is 14.3 Å². The van der Waals surface area contributed by atoms with Gasteiger partial charge in [0.05, 0.1) is 23.0 Å². The number of primary amides is 1. The van der Waals surface area contributed by atoms with Gasteiger partial charge in [-0.1, -0.05) is 15.9 Å². The van der Waals surface area contributed by atoms with Crippen LogP contribution in [0.25, 0.3) is 0 Å². The van der Waals surface area contributed by atoms with Crippen molar-refractivity contribution < 1.29 is 14.0 Å². The average Bonchev–Trinajstić information content (AvgIpc) is 3.05. The van der Waals surface area contributed by atoms with Gasteiger partial charge in [0, 0.05) is 37.4 Å². The number of hydrogen-bond donors (Lipinski definition) is 2. The lowest BCUT2D eigenvalue weighted by molar-refractivity contribution is 0.0943. The van der Waals surface area contributed by atoms with Crippen LogP contribution in [-0.2, 0) is 7.05 Å². The number of aryl methyl sites for hydroxylation is 1. The number of amides is 2. The molecule has 0 spiro atoms. The van der Waals surface area contributed by atoms with Gasteiger partial charge >= 0.3 is 0 Å². The number of nitrogens with two attached hydrogens (primary N) is 1. The van der Waals surface area contributed by atoms with Gasteiger partial charge in [-0.2, -0.15) is 5.10 Å². The molecule has 0 saturated carbocycles. The second-order valence-corrected chi connectivity index (χ2v) is 7.60. The van der Waals surface area contributed by atoms with Gasteiger partial charge in [0.25, 0.3) is 11.8 Å². The van der Waals surface area contributed by atoms with Gasteiger partial charge in [0.15, 0.2) is 0 Å². The lowest BCUT2D eigenvalue weighted by Crippen LogP contribution is -2.39. The first-order chi connectivity index (χ1) is 12.8. The number of anilines is 1. The van der Waals surface area contributed by atoms with Crippen molar-refractivity contribution in [2.45, 2.75) is 12.8 Å². The highest BCUT2D eigenvalue weighted by molar-refractivity contribution is 9.10. The largest absolute Gasteiger partial charge is 0.371 e. The molecule has 3 rings (SSSR count). The molecular formula is C18H21BrFN5O2. The first-order valence-electron chi connectivity index (χ1n) is 8.65. The molecule has 1 fully saturated rings. The van der Waals surface area contributed by atoms with Crippen molar-refractivity contribution in [1.29, 1.82) is 0 Å². The van der Waals surface area contributed by atoms with E-state index in [9.17, 15) is 14.0 Å². The fourth-order valence-corrected chi connectivity index (χ4v) is 3.73. The van der Waals surface area contributed by atoms with Gasteiger partial charge in [0.1, 0.15) is 5.82 Å². The Morgan fingerprint density at radius 1 is 1.37 bits per heavy atom. The van der Waals surface area contributed by atoms with Crippen molar-refractivity contribution in [3.63, 3.8) is 0 Å². The zero-order valence-electron chi connectivity index (χ0n) is 14.9. The van der Waals surface area contributed by atoms with Crippen molar-refractivity contribution in [1.82, 2.24) is 15.1 Å². The number of piperidine rings is 1. The van der Waals surface area contributed by atoms with Crippen LogP contribution < -0.4 is 16.0 Å². The molecule has 3 N–H and O–H groups in total. The summed E-state index contributed by atoms with van der Waals surface area (Å²) in [4.78, 5) is 25.7. The summed E-state index contributed by atoms with van der Waals surface area (Å²) in [6.45, 7) is 1.88. The Bertz CT molecular complexity index is 861. The van der Waals surface area contributed by atoms with Crippen LogP contribution in [0.4, 0.5) is 10.1 Å². The van der Waals surface area contributed by atoms with E-state index in [1.165, 1.54) is 12.3 Å². The van der Waals surface area contributed by atoms with Crippen molar-refractivity contribution in [3.8, 4) is 0 Å². The number of nitrogens with zero attached hydrogens (tertiary/aromatic N) is 3. The van der Waals surface area contributed by atoms with Crippen molar-refractivity contribution in [2.75, 3.05) is 24.5 Å². The summed E-state index contributed by atoms with van der Waals surface area (Å²) in [6.07, 6.45) is 4.84. The number of rotatable bonds is 5. The molecule has 7 nitrogen and oxygen atoms in total. The lowest BCUT2D eigenvalue weighted by atomic mass is 9.95. The highest BCUT2D eigenvalue weighted by atomic mass is 79.9. The Hall–Kier alpha value is -2.42. The minimum absolute atomic E-state index is 0.0819. The van der Waals surface area contributed by atoms with E-state index in [0.717, 1.165) is 12.8 Å². The number of hydrogen-bond acceptors (Lipinski definition) is 4. The fraction of sp³-hybridized carbons (Fsp3) is 0.389. The molecule has 0 bridgehead atoms. The van der Waals surface area contributed by atoms with Crippen molar-refractivity contribution >= 4 is 33.4 Å². The normalized spacial score (nSPS) is 15.0. The minimum Gasteiger partial charge on any atom is -0.371 e. The summed E-state index contributed by atoms with van der Waals surface area (Å²) in [6, 6.07) is 2.96. The Kier molecular flexibility index (Phi) is 5.79. The van der Waals surface area contributed by atoms with Gasteiger partial charge < -0.3 is 16.0 Å². The van der Waals surface area contributed by atoms with Crippen molar-refractivity contribution in [3.05, 3.63) is 45.9 Å². The van der Waals surface area contributed by atoms with E-state index in [4.69, 9.17) is 5.73 Å². The standard InChI is InChI=1S/C18H21BrFN5O2/c1-24-10-12(9-23-24)18(27)22-8-11-2-4-25(5-3-11)15-7-13(19)6-14(20)16(15)17(21)26/h6-7,9-11H,2-5,8H2,1H3,(H2,21,26)(H,22,27). The third kappa shape index (κ3) is 4.47. The third-order valence-corrected chi connectivity index (χ3v) is 5.21. The Balaban J connectivity index is 1.59. The Morgan fingerprint density at radius 3 is 2.67 bits per heavy atom. The van der Waals surface area contributed by atoms with Crippen molar-refractivity contribution in [2.24, 2.45) is 18.7 Å². The molecule has 0 atom stereocenters. The van der Waals surface area contributed by atoms with E-state index in [0.29, 0.717) is 41.3 Å². The number of carbonyl (C=O) groups excluding carboxylic acids is 2. The minimum atomic E-state index is -0.777. The summed E-state index contributed by atoms with van der Waals surface area (Å²) in [7, 11) is 1.76. The van der Waals surface area contributed by atoms with Crippen LogP contribution in [0.1, 0.15) is 33.6 Å². The maximum Gasteiger partial charge on any atom is 0.254 e. The maximum absolute atomic E-state index is 14.2. The van der Waals surface area contributed by atoms with Crippen LogP contribution in [0.2, 0.25) is 0 Å². The molecule has 2 amide bonds. The molecule has 144 valence electrons. The topological polar surface area (TPSA) is 93.3 Å². The number of benzene rings is 1. The zero-order valence-corrected chi connectivity index (χ0v) is 16.5. The van der Waals surface area contributed by atoms with E-state index >= 15 is 0 Å².